The molecule has 1 fully saturated rings. The molecule has 2 N–H and O–H groups in total. The second-order valence-corrected chi connectivity index (χ2v) is 3.34. The molecule has 0 aromatic rings. The van der Waals surface area contributed by atoms with Gasteiger partial charge >= 0.3 is 0 Å². The van der Waals surface area contributed by atoms with E-state index in [1.54, 1.807) is 0 Å². The highest BCUT2D eigenvalue weighted by molar-refractivity contribution is 4.76. The van der Waals surface area contributed by atoms with Crippen LogP contribution in [0.15, 0.2) is 0 Å². The van der Waals surface area contributed by atoms with Crippen LogP contribution in [0.1, 0.15) is 26.2 Å². The van der Waals surface area contributed by atoms with Gasteiger partial charge in [-0.2, -0.15) is 0 Å². The number of nitrogens with one attached hydrogen (secondary N) is 1. The quantitative estimate of drug-likeness (QED) is 0.637. The molecule has 12 heavy (non-hydrogen) atoms. The van der Waals surface area contributed by atoms with Gasteiger partial charge in [0, 0.05) is 12.6 Å². The summed E-state index contributed by atoms with van der Waals surface area (Å²) in [6.07, 6.45) is 2.98. The van der Waals surface area contributed by atoms with Gasteiger partial charge < -0.3 is 15.2 Å². The highest BCUT2D eigenvalue weighted by Crippen LogP contribution is 2.10. The smallest absolute Gasteiger partial charge is 0.0788 e. The third kappa shape index (κ3) is 3.52. The van der Waals surface area contributed by atoms with Crippen molar-refractivity contribution in [2.75, 3.05) is 19.8 Å². The van der Waals surface area contributed by atoms with E-state index < -0.39 is 0 Å². The van der Waals surface area contributed by atoms with Crippen molar-refractivity contribution in [3.63, 3.8) is 0 Å². The molecule has 0 saturated carbocycles. The molecule has 1 aliphatic rings. The molecule has 0 aromatic heterocycles. The lowest BCUT2D eigenvalue weighted by atomic mass is 10.1. The van der Waals surface area contributed by atoms with Crippen LogP contribution in [0.4, 0.5) is 0 Å². The molecule has 1 heterocycles. The lowest BCUT2D eigenvalue weighted by Crippen LogP contribution is -2.29. The van der Waals surface area contributed by atoms with Crippen LogP contribution in [0.5, 0.6) is 0 Å². The maximum Gasteiger partial charge on any atom is 0.0788 e. The summed E-state index contributed by atoms with van der Waals surface area (Å²) in [6.45, 7) is 4.22. The lowest BCUT2D eigenvalue weighted by Gasteiger charge is -2.15. The summed E-state index contributed by atoms with van der Waals surface area (Å²) < 4.78 is 5.13. The highest BCUT2D eigenvalue weighted by atomic mass is 16.5. The average Bonchev–Trinajstić information content (AvgIpc) is 2.53. The first-order valence-electron chi connectivity index (χ1n) is 4.82. The predicted molar refractivity (Wildman–Crippen MR) is 48.1 cm³/mol. The Hall–Kier alpha value is -0.120. The van der Waals surface area contributed by atoms with Crippen molar-refractivity contribution < 1.29 is 9.84 Å². The van der Waals surface area contributed by atoms with Crippen molar-refractivity contribution in [1.29, 1.82) is 0 Å². The Morgan fingerprint density at radius 3 is 3.08 bits per heavy atom. The minimum atomic E-state index is -0.291. The van der Waals surface area contributed by atoms with Gasteiger partial charge in [0.15, 0.2) is 0 Å². The molecule has 3 nitrogen and oxygen atoms in total. The summed E-state index contributed by atoms with van der Waals surface area (Å²) in [5, 5.41) is 12.8. The van der Waals surface area contributed by atoms with E-state index in [4.69, 9.17) is 4.74 Å². The summed E-state index contributed by atoms with van der Waals surface area (Å²) in [7, 11) is 0. The Kier molecular flexibility index (Phi) is 4.58. The topological polar surface area (TPSA) is 41.5 Å². The maximum atomic E-state index is 9.48. The normalized spacial score (nSPS) is 26.0. The van der Waals surface area contributed by atoms with Crippen LogP contribution in [-0.4, -0.2) is 37.0 Å². The SMILES string of the molecule is CCOCC(O)CC1CCCN1. The van der Waals surface area contributed by atoms with Crippen molar-refractivity contribution in [2.24, 2.45) is 0 Å². The Labute approximate surface area is 74.1 Å². The number of ether oxygens (including phenoxy) is 1. The minimum Gasteiger partial charge on any atom is -0.391 e. The first kappa shape index (κ1) is 9.96. The second-order valence-electron chi connectivity index (χ2n) is 3.34. The predicted octanol–water partition coefficient (Wildman–Crippen LogP) is 0.526. The van der Waals surface area contributed by atoms with Crippen LogP contribution in [0, 0.1) is 0 Å². The molecule has 2 atom stereocenters. The molecule has 0 aliphatic carbocycles. The van der Waals surface area contributed by atoms with E-state index in [0.717, 1.165) is 13.0 Å². The van der Waals surface area contributed by atoms with Gasteiger partial charge in [-0.3, -0.25) is 0 Å². The number of hydrogen-bond acceptors (Lipinski definition) is 3. The fraction of sp³-hybridized carbons (Fsp3) is 1.00. The van der Waals surface area contributed by atoms with Gasteiger partial charge in [0.1, 0.15) is 0 Å². The first-order valence-corrected chi connectivity index (χ1v) is 4.82. The van der Waals surface area contributed by atoms with E-state index >= 15 is 0 Å². The van der Waals surface area contributed by atoms with Gasteiger partial charge in [-0.05, 0) is 32.7 Å². The van der Waals surface area contributed by atoms with Gasteiger partial charge in [0.25, 0.3) is 0 Å². The maximum absolute atomic E-state index is 9.48. The molecule has 0 aromatic carbocycles. The molecule has 3 heteroatoms. The van der Waals surface area contributed by atoms with E-state index in [2.05, 4.69) is 5.32 Å². The van der Waals surface area contributed by atoms with Crippen LogP contribution in [-0.2, 0) is 4.74 Å². The summed E-state index contributed by atoms with van der Waals surface area (Å²) in [4.78, 5) is 0. The van der Waals surface area contributed by atoms with Crippen molar-refractivity contribution in [1.82, 2.24) is 5.32 Å². The molecule has 0 radical (unpaired) electrons. The molecule has 0 amide bonds. The molecular formula is C9H19NO2. The van der Waals surface area contributed by atoms with Gasteiger partial charge in [-0.1, -0.05) is 0 Å². The number of aliphatic hydroxyl groups is 1. The molecular weight excluding hydrogens is 154 g/mol. The van der Waals surface area contributed by atoms with E-state index in [1.165, 1.54) is 12.8 Å². The van der Waals surface area contributed by atoms with E-state index in [0.29, 0.717) is 19.3 Å². The van der Waals surface area contributed by atoms with Crippen LogP contribution in [0.3, 0.4) is 0 Å². The summed E-state index contributed by atoms with van der Waals surface area (Å²) in [5.74, 6) is 0. The number of hydrogen-bond donors (Lipinski definition) is 2. The average molecular weight is 173 g/mol. The van der Waals surface area contributed by atoms with Gasteiger partial charge in [0.2, 0.25) is 0 Å². The van der Waals surface area contributed by atoms with Gasteiger partial charge in [0.05, 0.1) is 12.7 Å². The standard InChI is InChI=1S/C9H19NO2/c1-2-12-7-9(11)6-8-4-3-5-10-8/h8-11H,2-7H2,1H3. The molecule has 0 spiro atoms. The Balaban J connectivity index is 2.03. The monoisotopic (exact) mass is 173 g/mol. The number of rotatable bonds is 5. The molecule has 1 aliphatic heterocycles. The molecule has 0 bridgehead atoms. The Bertz CT molecular complexity index is 113. The zero-order valence-corrected chi connectivity index (χ0v) is 7.75. The second kappa shape index (κ2) is 5.51. The van der Waals surface area contributed by atoms with Crippen molar-refractivity contribution in [3.8, 4) is 0 Å². The molecule has 1 saturated heterocycles. The van der Waals surface area contributed by atoms with Crippen LogP contribution >= 0.6 is 0 Å². The largest absolute Gasteiger partial charge is 0.391 e. The van der Waals surface area contributed by atoms with Gasteiger partial charge in [-0.15, -0.1) is 0 Å². The minimum absolute atomic E-state index is 0.291. The Morgan fingerprint density at radius 2 is 2.50 bits per heavy atom. The summed E-state index contributed by atoms with van der Waals surface area (Å²) in [5.41, 5.74) is 0. The van der Waals surface area contributed by atoms with Gasteiger partial charge in [-0.25, -0.2) is 0 Å². The first-order chi connectivity index (χ1) is 5.83. The van der Waals surface area contributed by atoms with Crippen molar-refractivity contribution in [2.45, 2.75) is 38.3 Å². The zero-order chi connectivity index (χ0) is 8.81. The van der Waals surface area contributed by atoms with E-state index in [-0.39, 0.29) is 6.10 Å². The summed E-state index contributed by atoms with van der Waals surface area (Å²) in [6, 6.07) is 0.514. The third-order valence-corrected chi connectivity index (χ3v) is 2.23. The highest BCUT2D eigenvalue weighted by Gasteiger charge is 2.17. The van der Waals surface area contributed by atoms with Crippen LogP contribution < -0.4 is 5.32 Å². The Morgan fingerprint density at radius 1 is 1.67 bits per heavy atom. The molecule has 2 unspecified atom stereocenters. The molecule has 1 rings (SSSR count). The van der Waals surface area contributed by atoms with E-state index in [1.807, 2.05) is 6.92 Å². The summed E-state index contributed by atoms with van der Waals surface area (Å²) >= 11 is 0. The van der Waals surface area contributed by atoms with Crippen LogP contribution in [0.25, 0.3) is 0 Å². The third-order valence-electron chi connectivity index (χ3n) is 2.23. The lowest BCUT2D eigenvalue weighted by molar-refractivity contribution is 0.0336. The van der Waals surface area contributed by atoms with Crippen molar-refractivity contribution >= 4 is 0 Å². The van der Waals surface area contributed by atoms with E-state index in [9.17, 15) is 5.11 Å². The van der Waals surface area contributed by atoms with Crippen molar-refractivity contribution in [3.05, 3.63) is 0 Å². The zero-order valence-electron chi connectivity index (χ0n) is 7.75. The number of aliphatic hydroxyl groups excluding tert-OH is 1. The fourth-order valence-electron chi connectivity index (χ4n) is 1.61. The fourth-order valence-corrected chi connectivity index (χ4v) is 1.61. The molecule has 72 valence electrons. The van der Waals surface area contributed by atoms with Crippen LogP contribution in [0.2, 0.25) is 0 Å².